The fourth-order valence-electron chi connectivity index (χ4n) is 4.63. The van der Waals surface area contributed by atoms with Gasteiger partial charge in [-0.3, -0.25) is 9.59 Å². The first-order valence-electron chi connectivity index (χ1n) is 14.5. The Morgan fingerprint density at radius 3 is 2.12 bits per heavy atom. The van der Waals surface area contributed by atoms with Crippen LogP contribution in [-0.4, -0.2) is 47.9 Å². The summed E-state index contributed by atoms with van der Waals surface area (Å²) in [4.78, 5) is 28.0. The van der Waals surface area contributed by atoms with E-state index < -0.39 is 5.97 Å². The van der Waals surface area contributed by atoms with Gasteiger partial charge in [-0.05, 0) is 93.7 Å². The quantitative estimate of drug-likeness (QED) is 0.169. The summed E-state index contributed by atoms with van der Waals surface area (Å²) in [6.45, 7) is 23.9. The maximum Gasteiger partial charge on any atom is 0.325 e. The lowest BCUT2D eigenvalue weighted by Gasteiger charge is -2.33. The molecule has 1 aromatic carbocycles. The van der Waals surface area contributed by atoms with E-state index in [1.165, 1.54) is 36.5 Å². The van der Waals surface area contributed by atoms with Crippen molar-refractivity contribution in [3.63, 3.8) is 0 Å². The fourth-order valence-corrected chi connectivity index (χ4v) is 6.93. The molecule has 6 nitrogen and oxygen atoms in total. The molecule has 1 atom stereocenters. The molecule has 2 rings (SSSR count). The van der Waals surface area contributed by atoms with E-state index in [0.717, 1.165) is 34.6 Å². The standard InChI is InChI=1S/C33H51NO5S2/c1-13-33(14-2,29-18-23(4)27(40-29)19-34(24(5)35)20-30(36)37-12)25-15-16-26(22(3)17-25)38-21-28(31(6,7)8)39-41-32(9,10)11/h15-18,28H,13-14,19-21H2,1-12H3. The Bertz CT molecular complexity index is 1170. The number of aryl methyl sites for hydroxylation is 2. The first-order valence-corrected chi connectivity index (χ1v) is 16.0. The lowest BCUT2D eigenvalue weighted by Crippen LogP contribution is -2.34. The zero-order valence-corrected chi connectivity index (χ0v) is 28.9. The Morgan fingerprint density at radius 2 is 1.63 bits per heavy atom. The molecular formula is C33H51NO5S2. The maximum atomic E-state index is 12.3. The Hall–Kier alpha value is -2.03. The van der Waals surface area contributed by atoms with E-state index in [-0.39, 0.29) is 34.1 Å². The van der Waals surface area contributed by atoms with Crippen LogP contribution < -0.4 is 4.74 Å². The lowest BCUT2D eigenvalue weighted by atomic mass is 9.74. The van der Waals surface area contributed by atoms with Crippen LogP contribution in [0.1, 0.15) is 102 Å². The molecular weight excluding hydrogens is 554 g/mol. The van der Waals surface area contributed by atoms with Gasteiger partial charge in [0, 0.05) is 26.8 Å². The van der Waals surface area contributed by atoms with Gasteiger partial charge in [0.1, 0.15) is 25.0 Å². The van der Waals surface area contributed by atoms with Gasteiger partial charge in [0.25, 0.3) is 0 Å². The van der Waals surface area contributed by atoms with E-state index in [4.69, 9.17) is 13.7 Å². The molecule has 0 saturated heterocycles. The molecule has 0 saturated carbocycles. The maximum absolute atomic E-state index is 12.3. The van der Waals surface area contributed by atoms with Crippen LogP contribution in [0.2, 0.25) is 0 Å². The van der Waals surface area contributed by atoms with Crippen LogP contribution in [0.4, 0.5) is 0 Å². The third kappa shape index (κ3) is 9.48. The van der Waals surface area contributed by atoms with E-state index in [1.54, 1.807) is 16.2 Å². The smallest absolute Gasteiger partial charge is 0.325 e. The summed E-state index contributed by atoms with van der Waals surface area (Å²) >= 11 is 3.23. The Balaban J connectivity index is 2.33. The molecule has 0 aliphatic rings. The Kier molecular flexibility index (Phi) is 12.4. The molecule has 0 spiro atoms. The molecule has 230 valence electrons. The summed E-state index contributed by atoms with van der Waals surface area (Å²) in [6.07, 6.45) is 1.81. The highest BCUT2D eigenvalue weighted by atomic mass is 32.2. The van der Waals surface area contributed by atoms with Crippen LogP contribution in [-0.2, 0) is 30.5 Å². The van der Waals surface area contributed by atoms with Crippen molar-refractivity contribution >= 4 is 35.3 Å². The van der Waals surface area contributed by atoms with Gasteiger partial charge in [0.05, 0.1) is 13.7 Å². The van der Waals surface area contributed by atoms with Gasteiger partial charge >= 0.3 is 5.97 Å². The van der Waals surface area contributed by atoms with Crippen molar-refractivity contribution in [2.75, 3.05) is 20.3 Å². The second-order valence-corrected chi connectivity index (χ2v) is 15.6. The number of amides is 1. The molecule has 1 amide bonds. The molecule has 41 heavy (non-hydrogen) atoms. The number of hydrogen-bond acceptors (Lipinski definition) is 7. The van der Waals surface area contributed by atoms with Crippen molar-refractivity contribution < 1.29 is 23.2 Å². The van der Waals surface area contributed by atoms with Crippen molar-refractivity contribution in [3.8, 4) is 5.75 Å². The molecule has 0 radical (unpaired) electrons. The molecule has 1 aromatic heterocycles. The predicted octanol–water partition coefficient (Wildman–Crippen LogP) is 8.25. The van der Waals surface area contributed by atoms with Gasteiger partial charge in [0.15, 0.2) is 0 Å². The number of esters is 1. The molecule has 0 aliphatic heterocycles. The number of ether oxygens (including phenoxy) is 2. The van der Waals surface area contributed by atoms with Gasteiger partial charge < -0.3 is 18.6 Å². The van der Waals surface area contributed by atoms with Crippen molar-refractivity contribution in [1.29, 1.82) is 0 Å². The van der Waals surface area contributed by atoms with Crippen LogP contribution >= 0.6 is 23.4 Å². The molecule has 2 aromatic rings. The normalized spacial score (nSPS) is 13.2. The highest BCUT2D eigenvalue weighted by molar-refractivity contribution is 7.96. The summed E-state index contributed by atoms with van der Waals surface area (Å²) in [5.74, 6) is 0.304. The summed E-state index contributed by atoms with van der Waals surface area (Å²) in [6, 6.07) is 8.80. The number of carbonyl (C=O) groups is 2. The van der Waals surface area contributed by atoms with E-state index in [9.17, 15) is 9.59 Å². The average molecular weight is 606 g/mol. The minimum atomic E-state index is -0.419. The van der Waals surface area contributed by atoms with Crippen molar-refractivity contribution in [1.82, 2.24) is 4.90 Å². The average Bonchev–Trinajstić information content (AvgIpc) is 3.24. The Labute approximate surface area is 256 Å². The molecule has 1 unspecified atom stereocenters. The van der Waals surface area contributed by atoms with E-state index in [2.05, 4.69) is 93.5 Å². The molecule has 0 fully saturated rings. The number of benzene rings is 1. The van der Waals surface area contributed by atoms with Gasteiger partial charge in [-0.1, -0.05) is 46.8 Å². The Morgan fingerprint density at radius 1 is 1.00 bits per heavy atom. The summed E-state index contributed by atoms with van der Waals surface area (Å²) in [7, 11) is 1.34. The first kappa shape index (κ1) is 35.2. The summed E-state index contributed by atoms with van der Waals surface area (Å²) < 4.78 is 17.4. The number of nitrogens with zero attached hydrogens (tertiary/aromatic N) is 1. The van der Waals surface area contributed by atoms with Gasteiger partial charge in [-0.15, -0.1) is 11.3 Å². The van der Waals surface area contributed by atoms with Crippen LogP contribution in [0, 0.1) is 19.3 Å². The molecule has 0 aliphatic carbocycles. The fraction of sp³-hybridized carbons (Fsp3) is 0.636. The molecule has 0 N–H and O–H groups in total. The monoisotopic (exact) mass is 605 g/mol. The van der Waals surface area contributed by atoms with Crippen molar-refractivity contribution in [2.24, 2.45) is 5.41 Å². The SMILES string of the molecule is CCC(CC)(c1ccc(OCC(OSC(C)(C)C)C(C)(C)C)c(C)c1)c1cc(C)c(CN(CC(=O)OC)C(C)=O)s1. The number of rotatable bonds is 13. The molecule has 8 heteroatoms. The summed E-state index contributed by atoms with van der Waals surface area (Å²) in [5.41, 5.74) is 3.26. The first-order chi connectivity index (χ1) is 19.0. The van der Waals surface area contributed by atoms with E-state index >= 15 is 0 Å². The lowest BCUT2D eigenvalue weighted by molar-refractivity contribution is -0.146. The highest BCUT2D eigenvalue weighted by Crippen LogP contribution is 2.44. The molecule has 0 bridgehead atoms. The zero-order valence-electron chi connectivity index (χ0n) is 27.2. The van der Waals surface area contributed by atoms with Crippen molar-refractivity contribution in [2.45, 2.75) is 112 Å². The van der Waals surface area contributed by atoms with Gasteiger partial charge in [0.2, 0.25) is 5.91 Å². The topological polar surface area (TPSA) is 65.1 Å². The third-order valence-electron chi connectivity index (χ3n) is 7.52. The number of methoxy groups -OCH3 is 1. The van der Waals surface area contributed by atoms with Gasteiger partial charge in [-0.25, -0.2) is 0 Å². The summed E-state index contributed by atoms with van der Waals surface area (Å²) in [5, 5.41) is 0. The zero-order chi connectivity index (χ0) is 31.2. The highest BCUT2D eigenvalue weighted by Gasteiger charge is 2.34. The minimum absolute atomic E-state index is 0.0103. The van der Waals surface area contributed by atoms with E-state index in [1.807, 2.05) is 0 Å². The van der Waals surface area contributed by atoms with Crippen LogP contribution in [0.3, 0.4) is 0 Å². The number of thiophene rings is 1. The van der Waals surface area contributed by atoms with Gasteiger partial charge in [-0.2, -0.15) is 0 Å². The predicted molar refractivity (Wildman–Crippen MR) is 172 cm³/mol. The van der Waals surface area contributed by atoms with Crippen LogP contribution in [0.25, 0.3) is 0 Å². The number of hydrogen-bond donors (Lipinski definition) is 0. The van der Waals surface area contributed by atoms with Crippen LogP contribution in [0.5, 0.6) is 5.75 Å². The minimum Gasteiger partial charge on any atom is -0.491 e. The van der Waals surface area contributed by atoms with Crippen molar-refractivity contribution in [3.05, 3.63) is 50.7 Å². The largest absolute Gasteiger partial charge is 0.491 e. The second-order valence-electron chi connectivity index (χ2n) is 12.9. The number of carbonyl (C=O) groups excluding carboxylic acids is 2. The molecule has 1 heterocycles. The van der Waals surface area contributed by atoms with Crippen LogP contribution in [0.15, 0.2) is 24.3 Å². The third-order valence-corrected chi connectivity index (χ3v) is 9.78. The van der Waals surface area contributed by atoms with E-state index in [0.29, 0.717) is 13.2 Å². The second kappa shape index (κ2) is 14.4.